The SMILES string of the molecule is CCCOc1cccc(-c2n[nH]c(-c3ccccc3)n2)c1. The molecule has 0 saturated heterocycles. The topological polar surface area (TPSA) is 50.8 Å². The standard InChI is InChI=1S/C17H17N3O/c1-2-11-21-15-10-6-9-14(12-15)17-18-16(19-20-17)13-7-4-3-5-8-13/h3-10,12H,2,11H2,1H3,(H,18,19,20). The molecule has 0 spiro atoms. The maximum absolute atomic E-state index is 5.64. The normalized spacial score (nSPS) is 10.5. The molecule has 2 aromatic carbocycles. The minimum Gasteiger partial charge on any atom is -0.494 e. The molecule has 0 aliphatic carbocycles. The number of benzene rings is 2. The first-order valence-corrected chi connectivity index (χ1v) is 7.08. The average Bonchev–Trinajstić information content (AvgIpc) is 3.04. The van der Waals surface area contributed by atoms with Gasteiger partial charge >= 0.3 is 0 Å². The lowest BCUT2D eigenvalue weighted by atomic mass is 10.2. The zero-order chi connectivity index (χ0) is 14.5. The lowest BCUT2D eigenvalue weighted by molar-refractivity contribution is 0.317. The quantitative estimate of drug-likeness (QED) is 0.770. The van der Waals surface area contributed by atoms with Crippen LogP contribution in [0.15, 0.2) is 54.6 Å². The minimum atomic E-state index is 0.677. The van der Waals surface area contributed by atoms with Crippen LogP contribution < -0.4 is 4.74 Å². The highest BCUT2D eigenvalue weighted by Gasteiger charge is 2.08. The van der Waals surface area contributed by atoms with E-state index in [0.29, 0.717) is 12.4 Å². The van der Waals surface area contributed by atoms with Crippen molar-refractivity contribution in [2.45, 2.75) is 13.3 Å². The van der Waals surface area contributed by atoms with Crippen molar-refractivity contribution in [3.05, 3.63) is 54.6 Å². The molecule has 0 saturated carbocycles. The van der Waals surface area contributed by atoms with E-state index in [1.54, 1.807) is 0 Å². The summed E-state index contributed by atoms with van der Waals surface area (Å²) < 4.78 is 5.64. The maximum atomic E-state index is 5.64. The summed E-state index contributed by atoms with van der Waals surface area (Å²) in [6, 6.07) is 17.8. The van der Waals surface area contributed by atoms with Gasteiger partial charge in [0.25, 0.3) is 0 Å². The first kappa shape index (κ1) is 13.4. The molecule has 0 unspecified atom stereocenters. The van der Waals surface area contributed by atoms with Crippen LogP contribution in [0.2, 0.25) is 0 Å². The van der Waals surface area contributed by atoms with Gasteiger partial charge in [-0.25, -0.2) is 4.98 Å². The third-order valence-electron chi connectivity index (χ3n) is 3.10. The summed E-state index contributed by atoms with van der Waals surface area (Å²) in [6.45, 7) is 2.80. The van der Waals surface area contributed by atoms with Gasteiger partial charge in [0.05, 0.1) is 6.61 Å². The molecule has 0 fully saturated rings. The number of aromatic amines is 1. The van der Waals surface area contributed by atoms with Gasteiger partial charge in [0, 0.05) is 11.1 Å². The molecule has 0 radical (unpaired) electrons. The summed E-state index contributed by atoms with van der Waals surface area (Å²) in [6.07, 6.45) is 0.989. The second-order valence-corrected chi connectivity index (χ2v) is 4.75. The van der Waals surface area contributed by atoms with Crippen LogP contribution in [0.3, 0.4) is 0 Å². The predicted molar refractivity (Wildman–Crippen MR) is 83.0 cm³/mol. The van der Waals surface area contributed by atoms with Crippen LogP contribution in [0.25, 0.3) is 22.8 Å². The number of hydrogen-bond acceptors (Lipinski definition) is 3. The third kappa shape index (κ3) is 3.11. The second-order valence-electron chi connectivity index (χ2n) is 4.75. The van der Waals surface area contributed by atoms with Crippen LogP contribution in [-0.2, 0) is 0 Å². The molecule has 0 aliphatic rings. The van der Waals surface area contributed by atoms with Crippen LogP contribution >= 0.6 is 0 Å². The molecule has 1 aromatic heterocycles. The minimum absolute atomic E-state index is 0.677. The van der Waals surface area contributed by atoms with E-state index in [-0.39, 0.29) is 0 Å². The van der Waals surface area contributed by atoms with Gasteiger partial charge < -0.3 is 4.74 Å². The molecule has 3 aromatic rings. The van der Waals surface area contributed by atoms with E-state index in [0.717, 1.165) is 29.1 Å². The average molecular weight is 279 g/mol. The molecule has 0 bridgehead atoms. The molecule has 3 rings (SSSR count). The van der Waals surface area contributed by atoms with Crippen LogP contribution in [0.5, 0.6) is 5.75 Å². The molecule has 21 heavy (non-hydrogen) atoms. The van der Waals surface area contributed by atoms with E-state index in [4.69, 9.17) is 4.74 Å². The lowest BCUT2D eigenvalue weighted by Gasteiger charge is -2.04. The van der Waals surface area contributed by atoms with Crippen LogP contribution in [0.1, 0.15) is 13.3 Å². The van der Waals surface area contributed by atoms with Crippen LogP contribution in [0.4, 0.5) is 0 Å². The van der Waals surface area contributed by atoms with Crippen molar-refractivity contribution in [3.63, 3.8) is 0 Å². The lowest BCUT2D eigenvalue weighted by Crippen LogP contribution is -1.94. The van der Waals surface area contributed by atoms with Gasteiger partial charge in [0.1, 0.15) is 5.75 Å². The van der Waals surface area contributed by atoms with E-state index in [9.17, 15) is 0 Å². The molecular weight excluding hydrogens is 262 g/mol. The Kier molecular flexibility index (Phi) is 3.96. The Morgan fingerprint density at radius 3 is 2.62 bits per heavy atom. The van der Waals surface area contributed by atoms with Gasteiger partial charge in [-0.05, 0) is 18.6 Å². The summed E-state index contributed by atoms with van der Waals surface area (Å²) in [7, 11) is 0. The van der Waals surface area contributed by atoms with E-state index in [2.05, 4.69) is 22.1 Å². The van der Waals surface area contributed by atoms with Crippen molar-refractivity contribution in [2.75, 3.05) is 6.61 Å². The molecule has 1 heterocycles. The van der Waals surface area contributed by atoms with Gasteiger partial charge in [0.2, 0.25) is 0 Å². The number of nitrogens with one attached hydrogen (secondary N) is 1. The summed E-state index contributed by atoms with van der Waals surface area (Å²) in [5.74, 6) is 2.29. The third-order valence-corrected chi connectivity index (χ3v) is 3.10. The number of H-pyrrole nitrogens is 1. The highest BCUT2D eigenvalue weighted by molar-refractivity contribution is 5.62. The van der Waals surface area contributed by atoms with Crippen molar-refractivity contribution in [1.29, 1.82) is 0 Å². The number of nitrogens with zero attached hydrogens (tertiary/aromatic N) is 2. The fourth-order valence-corrected chi connectivity index (χ4v) is 2.06. The maximum Gasteiger partial charge on any atom is 0.181 e. The Bertz CT molecular complexity index is 707. The van der Waals surface area contributed by atoms with Crippen molar-refractivity contribution >= 4 is 0 Å². The first-order chi connectivity index (χ1) is 10.4. The largest absolute Gasteiger partial charge is 0.494 e. The summed E-state index contributed by atoms with van der Waals surface area (Å²) in [5, 5.41) is 7.27. The van der Waals surface area contributed by atoms with Gasteiger partial charge in [-0.2, -0.15) is 5.10 Å². The molecule has 0 amide bonds. The summed E-state index contributed by atoms with van der Waals surface area (Å²) >= 11 is 0. The van der Waals surface area contributed by atoms with E-state index >= 15 is 0 Å². The molecule has 106 valence electrons. The molecule has 0 aliphatic heterocycles. The fraction of sp³-hybridized carbons (Fsp3) is 0.176. The summed E-state index contributed by atoms with van der Waals surface area (Å²) in [5.41, 5.74) is 1.97. The second kappa shape index (κ2) is 6.22. The monoisotopic (exact) mass is 279 g/mol. The Labute approximate surface area is 123 Å². The molecule has 0 atom stereocenters. The Morgan fingerprint density at radius 2 is 1.81 bits per heavy atom. The molecule has 4 heteroatoms. The zero-order valence-corrected chi connectivity index (χ0v) is 11.9. The van der Waals surface area contributed by atoms with Crippen molar-refractivity contribution in [2.24, 2.45) is 0 Å². The summed E-state index contributed by atoms with van der Waals surface area (Å²) in [4.78, 5) is 4.55. The predicted octanol–water partition coefficient (Wildman–Crippen LogP) is 3.93. The van der Waals surface area contributed by atoms with Crippen molar-refractivity contribution in [1.82, 2.24) is 15.2 Å². The number of aromatic nitrogens is 3. The number of hydrogen-bond donors (Lipinski definition) is 1. The highest BCUT2D eigenvalue weighted by atomic mass is 16.5. The molecular formula is C17H17N3O. The Morgan fingerprint density at radius 1 is 1.00 bits per heavy atom. The van der Waals surface area contributed by atoms with Gasteiger partial charge in [-0.3, -0.25) is 5.10 Å². The van der Waals surface area contributed by atoms with Crippen LogP contribution in [-0.4, -0.2) is 21.8 Å². The number of ether oxygens (including phenoxy) is 1. The van der Waals surface area contributed by atoms with Crippen LogP contribution in [0, 0.1) is 0 Å². The first-order valence-electron chi connectivity index (χ1n) is 7.08. The van der Waals surface area contributed by atoms with Crippen molar-refractivity contribution in [3.8, 4) is 28.5 Å². The fourth-order valence-electron chi connectivity index (χ4n) is 2.06. The Hall–Kier alpha value is -2.62. The Balaban J connectivity index is 1.86. The molecule has 4 nitrogen and oxygen atoms in total. The number of rotatable bonds is 5. The van der Waals surface area contributed by atoms with Gasteiger partial charge in [0.15, 0.2) is 11.6 Å². The van der Waals surface area contributed by atoms with E-state index in [1.165, 1.54) is 0 Å². The highest BCUT2D eigenvalue weighted by Crippen LogP contribution is 2.23. The van der Waals surface area contributed by atoms with E-state index in [1.807, 2.05) is 54.6 Å². The van der Waals surface area contributed by atoms with E-state index < -0.39 is 0 Å². The molecule has 1 N–H and O–H groups in total. The van der Waals surface area contributed by atoms with Gasteiger partial charge in [-0.1, -0.05) is 49.4 Å². The zero-order valence-electron chi connectivity index (χ0n) is 11.9. The van der Waals surface area contributed by atoms with Gasteiger partial charge in [-0.15, -0.1) is 0 Å². The smallest absolute Gasteiger partial charge is 0.181 e. The van der Waals surface area contributed by atoms with Crippen molar-refractivity contribution < 1.29 is 4.74 Å².